The summed E-state index contributed by atoms with van der Waals surface area (Å²) in [6, 6.07) is 9.62. The summed E-state index contributed by atoms with van der Waals surface area (Å²) in [6.45, 7) is 3.35. The van der Waals surface area contributed by atoms with E-state index in [1.807, 2.05) is 0 Å². The Balaban J connectivity index is 2.25. The molecular weight excluding hydrogens is 410 g/mol. The lowest BCUT2D eigenvalue weighted by Crippen LogP contribution is -2.30. The maximum Gasteiger partial charge on any atom is 0.288 e. The smallest absolute Gasteiger partial charge is 0.288 e. The van der Waals surface area contributed by atoms with E-state index < -0.39 is 21.7 Å². The zero-order chi connectivity index (χ0) is 20.9. The van der Waals surface area contributed by atoms with Crippen LogP contribution in [0.5, 0.6) is 5.75 Å². The predicted octanol–water partition coefficient (Wildman–Crippen LogP) is 3.95. The summed E-state index contributed by atoms with van der Waals surface area (Å²) < 4.78 is 57.2. The summed E-state index contributed by atoms with van der Waals surface area (Å²) in [7, 11) is -2.54. The molecule has 0 unspecified atom stereocenters. The molecule has 2 rings (SSSR count). The number of hydrogen-bond donors (Lipinski definition) is 2. The summed E-state index contributed by atoms with van der Waals surface area (Å²) in [5.74, 6) is -2.96. The predicted molar refractivity (Wildman–Crippen MR) is 105 cm³/mol. The van der Waals surface area contributed by atoms with Gasteiger partial charge in [0.2, 0.25) is 10.0 Å². The first kappa shape index (κ1) is 22.1. The molecule has 0 aromatic heterocycles. The highest BCUT2D eigenvalue weighted by Gasteiger charge is 2.22. The lowest BCUT2D eigenvalue weighted by molar-refractivity contribution is 0.102. The van der Waals surface area contributed by atoms with E-state index in [1.54, 1.807) is 13.8 Å². The van der Waals surface area contributed by atoms with Gasteiger partial charge in [-0.3, -0.25) is 4.79 Å². The van der Waals surface area contributed by atoms with Gasteiger partial charge in [0.25, 0.3) is 11.7 Å². The average molecular weight is 430 g/mol. The van der Waals surface area contributed by atoms with Crippen molar-refractivity contribution in [2.75, 3.05) is 12.4 Å². The number of carbonyl (C=O) groups excluding carboxylic acids is 1. The fraction of sp³-hybridized carbons (Fsp3) is 0.278. The Bertz CT molecular complexity index is 933. The van der Waals surface area contributed by atoms with Crippen LogP contribution in [-0.2, 0) is 10.0 Å². The van der Waals surface area contributed by atoms with E-state index in [0.717, 1.165) is 0 Å². The fourth-order valence-electron chi connectivity index (χ4n) is 2.32. The number of amides is 1. The molecular formula is C18H20F2N2O4S2. The molecule has 0 aliphatic carbocycles. The second-order valence-corrected chi connectivity index (χ2v) is 8.74. The highest BCUT2D eigenvalue weighted by atomic mass is 32.2. The van der Waals surface area contributed by atoms with Gasteiger partial charge in [-0.15, -0.1) is 0 Å². The molecule has 0 radical (unpaired) electrons. The van der Waals surface area contributed by atoms with Crippen LogP contribution in [0, 0.1) is 0 Å². The Morgan fingerprint density at radius 2 is 1.75 bits per heavy atom. The van der Waals surface area contributed by atoms with Crippen molar-refractivity contribution < 1.29 is 26.7 Å². The van der Waals surface area contributed by atoms with E-state index in [-0.39, 0.29) is 22.3 Å². The van der Waals surface area contributed by atoms with Crippen molar-refractivity contribution in [2.24, 2.45) is 0 Å². The van der Waals surface area contributed by atoms with Crippen LogP contribution in [0.2, 0.25) is 0 Å². The number of halogens is 2. The van der Waals surface area contributed by atoms with E-state index in [9.17, 15) is 22.0 Å². The molecule has 0 heterocycles. The van der Waals surface area contributed by atoms with Gasteiger partial charge in [0, 0.05) is 22.2 Å². The Morgan fingerprint density at radius 3 is 2.29 bits per heavy atom. The first-order valence-electron chi connectivity index (χ1n) is 8.19. The summed E-state index contributed by atoms with van der Waals surface area (Å²) in [4.78, 5) is 12.7. The van der Waals surface area contributed by atoms with Crippen LogP contribution in [0.1, 0.15) is 24.2 Å². The molecule has 0 spiro atoms. The standard InChI is InChI=1S/C18H20F2N2O4S2/c1-11(2)22-28(24,25)16-10-12(4-9-15(16)26-3)17(23)21-13-5-7-14(8-6-13)27-18(19)20/h4-11,18,22H,1-3H3,(H,21,23). The van der Waals surface area contributed by atoms with E-state index in [0.29, 0.717) is 22.3 Å². The number of methoxy groups -OCH3 is 1. The van der Waals surface area contributed by atoms with E-state index in [2.05, 4.69) is 10.0 Å². The molecule has 2 N–H and O–H groups in total. The molecule has 0 bridgehead atoms. The number of carbonyl (C=O) groups is 1. The summed E-state index contributed by atoms with van der Waals surface area (Å²) in [6.07, 6.45) is 0. The third-order valence-electron chi connectivity index (χ3n) is 3.44. The zero-order valence-corrected chi connectivity index (χ0v) is 17.0. The molecule has 10 heteroatoms. The maximum atomic E-state index is 12.5. The molecule has 0 atom stereocenters. The van der Waals surface area contributed by atoms with Gasteiger partial charge < -0.3 is 10.1 Å². The van der Waals surface area contributed by atoms with Crippen molar-refractivity contribution in [1.82, 2.24) is 4.72 Å². The third kappa shape index (κ3) is 5.91. The normalized spacial score (nSPS) is 11.7. The Morgan fingerprint density at radius 1 is 1.11 bits per heavy atom. The second kappa shape index (κ2) is 9.35. The Labute approximate surface area is 166 Å². The molecule has 0 saturated heterocycles. The van der Waals surface area contributed by atoms with Crippen molar-refractivity contribution in [1.29, 1.82) is 0 Å². The number of anilines is 1. The summed E-state index contributed by atoms with van der Waals surface area (Å²) in [5, 5.41) is 2.60. The van der Waals surface area contributed by atoms with E-state index >= 15 is 0 Å². The van der Waals surface area contributed by atoms with Gasteiger partial charge >= 0.3 is 0 Å². The van der Waals surface area contributed by atoms with Crippen LogP contribution in [0.15, 0.2) is 52.3 Å². The number of alkyl halides is 2. The number of hydrogen-bond acceptors (Lipinski definition) is 5. The van der Waals surface area contributed by atoms with Crippen molar-refractivity contribution in [3.8, 4) is 5.75 Å². The van der Waals surface area contributed by atoms with Crippen molar-refractivity contribution in [2.45, 2.75) is 35.4 Å². The lowest BCUT2D eigenvalue weighted by atomic mass is 10.2. The van der Waals surface area contributed by atoms with Gasteiger partial charge in [-0.2, -0.15) is 8.78 Å². The largest absolute Gasteiger partial charge is 0.495 e. The van der Waals surface area contributed by atoms with E-state index in [4.69, 9.17) is 4.74 Å². The first-order chi connectivity index (χ1) is 13.1. The van der Waals surface area contributed by atoms with Crippen molar-refractivity contribution in [3.05, 3.63) is 48.0 Å². The summed E-state index contributed by atoms with van der Waals surface area (Å²) in [5.41, 5.74) is 0.500. The molecule has 6 nitrogen and oxygen atoms in total. The molecule has 0 fully saturated rings. The number of sulfonamides is 1. The van der Waals surface area contributed by atoms with Crippen LogP contribution in [0.4, 0.5) is 14.5 Å². The number of thioether (sulfide) groups is 1. The van der Waals surface area contributed by atoms with Crippen LogP contribution >= 0.6 is 11.8 Å². The lowest BCUT2D eigenvalue weighted by Gasteiger charge is -2.14. The van der Waals surface area contributed by atoms with Gasteiger partial charge in [-0.25, -0.2) is 13.1 Å². The minimum absolute atomic E-state index is 0.107. The quantitative estimate of drug-likeness (QED) is 0.620. The molecule has 0 saturated carbocycles. The Kier molecular flexibility index (Phi) is 7.39. The first-order valence-corrected chi connectivity index (χ1v) is 10.5. The minimum atomic E-state index is -3.88. The third-order valence-corrected chi connectivity index (χ3v) is 5.85. The van der Waals surface area contributed by atoms with Crippen LogP contribution in [0.3, 0.4) is 0 Å². The number of ether oxygens (including phenoxy) is 1. The van der Waals surface area contributed by atoms with Crippen molar-refractivity contribution in [3.63, 3.8) is 0 Å². The molecule has 28 heavy (non-hydrogen) atoms. The van der Waals surface area contributed by atoms with Gasteiger partial charge in [-0.1, -0.05) is 11.8 Å². The highest BCUT2D eigenvalue weighted by Crippen LogP contribution is 2.27. The molecule has 152 valence electrons. The maximum absolute atomic E-state index is 12.5. The molecule has 0 aliphatic rings. The number of rotatable bonds is 8. The van der Waals surface area contributed by atoms with Crippen LogP contribution in [-0.4, -0.2) is 33.2 Å². The Hall–Kier alpha value is -2.17. The van der Waals surface area contributed by atoms with Crippen LogP contribution in [0.25, 0.3) is 0 Å². The average Bonchev–Trinajstić information content (AvgIpc) is 2.61. The second-order valence-electron chi connectivity index (χ2n) is 6.00. The molecule has 1 amide bonds. The monoisotopic (exact) mass is 430 g/mol. The van der Waals surface area contributed by atoms with Crippen LogP contribution < -0.4 is 14.8 Å². The van der Waals surface area contributed by atoms with Gasteiger partial charge in [0.15, 0.2) is 0 Å². The fourth-order valence-corrected chi connectivity index (χ4v) is 4.27. The summed E-state index contributed by atoms with van der Waals surface area (Å²) >= 11 is 0.402. The highest BCUT2D eigenvalue weighted by molar-refractivity contribution is 7.99. The minimum Gasteiger partial charge on any atom is -0.495 e. The number of nitrogens with one attached hydrogen (secondary N) is 2. The number of benzene rings is 2. The molecule has 2 aromatic rings. The SMILES string of the molecule is COc1ccc(C(=O)Nc2ccc(SC(F)F)cc2)cc1S(=O)(=O)NC(C)C. The molecule has 2 aromatic carbocycles. The van der Waals surface area contributed by atoms with Crippen molar-refractivity contribution >= 4 is 33.4 Å². The molecule has 0 aliphatic heterocycles. The van der Waals surface area contributed by atoms with E-state index in [1.165, 1.54) is 49.6 Å². The van der Waals surface area contributed by atoms with Gasteiger partial charge in [-0.05, 0) is 56.3 Å². The van der Waals surface area contributed by atoms with Gasteiger partial charge in [0.05, 0.1) is 7.11 Å². The topological polar surface area (TPSA) is 84.5 Å². The van der Waals surface area contributed by atoms with Gasteiger partial charge in [0.1, 0.15) is 10.6 Å². The zero-order valence-electron chi connectivity index (χ0n) is 15.4.